The molecule has 2 aliphatic carbocycles. The molecule has 37 heteroatoms. The fraction of sp³-hybridized carbons (Fsp3) is 0.301. The van der Waals surface area contributed by atoms with Crippen LogP contribution in [0, 0.1) is 94.7 Å². The van der Waals surface area contributed by atoms with Crippen LogP contribution in [0.25, 0.3) is 27.6 Å². The Hall–Kier alpha value is -15.0. The van der Waals surface area contributed by atoms with Crippen molar-refractivity contribution >= 4 is 130 Å². The van der Waals surface area contributed by atoms with Gasteiger partial charge in [0, 0.05) is 100 Å². The zero-order valence-corrected chi connectivity index (χ0v) is 83.7. The van der Waals surface area contributed by atoms with Crippen molar-refractivity contribution in [1.82, 2.24) is 24.8 Å². The number of aldehydes is 1. The van der Waals surface area contributed by atoms with E-state index in [-0.39, 0.29) is 160 Å². The smallest absolute Gasteiger partial charge is 0.870 e. The summed E-state index contributed by atoms with van der Waals surface area (Å²) in [4.78, 5) is 191. The van der Waals surface area contributed by atoms with Crippen LogP contribution in [0.1, 0.15) is 245 Å². The van der Waals surface area contributed by atoms with Crippen molar-refractivity contribution in [3.8, 4) is 46.5 Å². The Morgan fingerprint density at radius 2 is 0.814 bits per heavy atom. The van der Waals surface area contributed by atoms with Gasteiger partial charge in [0.25, 0.3) is 11.8 Å². The van der Waals surface area contributed by atoms with Crippen molar-refractivity contribution < 1.29 is 153 Å². The Morgan fingerprint density at radius 3 is 1.17 bits per heavy atom. The second kappa shape index (κ2) is 61.3. The van der Waals surface area contributed by atoms with Crippen LogP contribution in [0.4, 0.5) is 23.3 Å². The number of alkyl halides is 1. The maximum Gasteiger partial charge on any atom is 1.00 e. The van der Waals surface area contributed by atoms with Gasteiger partial charge >= 0.3 is 87.2 Å². The molecule has 4 aliphatic rings. The predicted molar refractivity (Wildman–Crippen MR) is 519 cm³/mol. The van der Waals surface area contributed by atoms with Crippen LogP contribution in [0.3, 0.4) is 0 Å². The molecule has 10 N–H and O–H groups in total. The molecule has 4 atom stereocenters. The van der Waals surface area contributed by atoms with E-state index < -0.39 is 53.5 Å². The standard InChI is InChI=1S/C18H26N2O4.C17H26N2O3.C16H11NO3.C13H11N3O.C11H9N3.C8H7ClO.C8H5NO2.2C4H6O3.C3H2N2.CH4.K.H2O/c1-9-6-10(2)16(11(3)7-9)24-18(23)15-12(4)14(8-21)20-17(15)19-13(5)22;1-9-6-10(2)15(11(3)7-9)22-17(21)14-12(4)8-18-16(14)19-13(5)20;18-14(11-6-2-1-3-7-11)10-17-15(19)12-8-4-5-9-13(12)16(17)20;1-9(17)16-13-11(7-14)12(8-15-13)10-5-3-2-4-6-10;12-6-9-10(7-14-11(9)13)8-4-2-1-3-5-8;9-6-8(10)7-4-2-1-3-5-7;10-7-5-3-1-2-4-6(5)8(11)9-7;2*1-3(5)7-4(2)6;4-2-1-3-5;;;/h8-11,16,20H,6-7H2,1-5H3,(H,19,22);8-11,15,18H,6-7H2,1-5H3,(H,19,20);1-9H,10H2;2-6,8,15H,1H3,(H,16,17);1-5,7,14H,13H2;1-5H,6H2;1-4H,(H,9,10,11);2*1-2H3;1H2;1H4;;1H2/q;;;;;;;;;;;+1;/p-2. The molecule has 4 unspecified atom stereocenters. The van der Waals surface area contributed by atoms with E-state index in [2.05, 4.69) is 104 Å². The van der Waals surface area contributed by atoms with E-state index in [0.717, 1.165) is 58.4 Å². The topological polar surface area (TPSA) is 578 Å². The molecule has 2 saturated carbocycles. The minimum atomic E-state index is -0.562. The zero-order chi connectivity index (χ0) is 102. The Bertz CT molecular complexity index is 5990. The van der Waals surface area contributed by atoms with Gasteiger partial charge in [-0.05, 0) is 109 Å². The maximum absolute atomic E-state index is 12.7. The van der Waals surface area contributed by atoms with Crippen molar-refractivity contribution in [2.24, 2.45) is 35.5 Å². The van der Waals surface area contributed by atoms with Gasteiger partial charge in [0.2, 0.25) is 17.7 Å². The Labute approximate surface area is 859 Å². The number of carbonyl (C=O) groups is 16. The van der Waals surface area contributed by atoms with Crippen LogP contribution in [0.2, 0.25) is 0 Å². The van der Waals surface area contributed by atoms with E-state index in [9.17, 15) is 76.7 Å². The summed E-state index contributed by atoms with van der Waals surface area (Å²) in [6.45, 7) is 25.1. The van der Waals surface area contributed by atoms with E-state index >= 15 is 0 Å². The van der Waals surface area contributed by atoms with Crippen molar-refractivity contribution in [2.75, 3.05) is 34.1 Å². The number of esters is 6. The number of benzene rings is 6. The van der Waals surface area contributed by atoms with Gasteiger partial charge in [-0.25, -0.2) is 9.59 Å². The number of aryl methyl sites for hydroxylation is 1. The number of rotatable bonds is 15. The fourth-order valence-electron chi connectivity index (χ4n) is 15.1. The summed E-state index contributed by atoms with van der Waals surface area (Å²) in [6.07, 6.45) is 9.78. The quantitative estimate of drug-likeness (QED) is 0.00690. The Balaban J connectivity index is 0.000000540. The number of aromatic nitrogens is 4. The van der Waals surface area contributed by atoms with Gasteiger partial charge in [-0.1, -0.05) is 207 Å². The largest absolute Gasteiger partial charge is 1.00 e. The molecule has 7 amide bonds. The molecule has 0 saturated heterocycles. The number of nitrogens with zero attached hydrogens (tertiary/aromatic N) is 6. The maximum atomic E-state index is 12.7. The fourth-order valence-corrected chi connectivity index (χ4v) is 15.2. The summed E-state index contributed by atoms with van der Waals surface area (Å²) in [5.74, 6) is -1.68. The number of amides is 7. The van der Waals surface area contributed by atoms with Gasteiger partial charge < -0.3 is 80.9 Å². The Morgan fingerprint density at radius 1 is 0.471 bits per heavy atom. The summed E-state index contributed by atoms with van der Waals surface area (Å²) >= 11 is 5.34. The van der Waals surface area contributed by atoms with E-state index in [1.807, 2.05) is 85.8 Å². The summed E-state index contributed by atoms with van der Waals surface area (Å²) < 4.78 is 19.5. The third-order valence-electron chi connectivity index (χ3n) is 20.6. The molecule has 6 aromatic carbocycles. The predicted octanol–water partition coefficient (Wildman–Crippen LogP) is 15.2. The summed E-state index contributed by atoms with van der Waals surface area (Å²) in [7, 11) is 0. The first-order valence-electron chi connectivity index (χ1n) is 43.0. The molecular formula is C103H113ClKN14O21-. The molecule has 14 rings (SSSR count). The summed E-state index contributed by atoms with van der Waals surface area (Å²) in [5.41, 5.74) is 15.1. The van der Waals surface area contributed by atoms with Crippen LogP contribution in [-0.2, 0) is 52.5 Å². The van der Waals surface area contributed by atoms with Crippen LogP contribution >= 0.6 is 11.6 Å². The van der Waals surface area contributed by atoms with Crippen molar-refractivity contribution in [3.05, 3.63) is 266 Å². The molecule has 0 radical (unpaired) electrons. The molecule has 4 aromatic heterocycles. The van der Waals surface area contributed by atoms with Gasteiger partial charge in [0.15, 0.2) is 17.9 Å². The number of ether oxygens (including phenoxy) is 4. The van der Waals surface area contributed by atoms with Gasteiger partial charge in [-0.3, -0.25) is 62.4 Å². The van der Waals surface area contributed by atoms with Crippen molar-refractivity contribution in [3.63, 3.8) is 0 Å². The van der Waals surface area contributed by atoms with Gasteiger partial charge in [-0.2, -0.15) is 21.0 Å². The van der Waals surface area contributed by atoms with E-state index in [0.29, 0.717) is 103 Å². The van der Waals surface area contributed by atoms with E-state index in [1.54, 1.807) is 129 Å². The number of anilines is 4. The van der Waals surface area contributed by atoms with Crippen molar-refractivity contribution in [2.45, 2.75) is 156 Å². The first-order valence-corrected chi connectivity index (χ1v) is 43.5. The number of H-pyrrole nitrogens is 4. The number of hydrogen-bond acceptors (Lipinski definition) is 26. The van der Waals surface area contributed by atoms with Crippen molar-refractivity contribution in [1.29, 1.82) is 21.0 Å². The number of hydrogen-bond donors (Lipinski definition) is 8. The number of nitrogens with one attached hydrogen (secondary N) is 7. The third-order valence-corrected chi connectivity index (χ3v) is 20.9. The second-order valence-electron chi connectivity index (χ2n) is 31.9. The summed E-state index contributed by atoms with van der Waals surface area (Å²) in [6, 6.07) is 57.6. The number of nitrogens with two attached hydrogens (primary N) is 1. The number of imide groups is 2. The number of carbonyl (C=O) groups excluding carboxylic acids is 16. The van der Waals surface area contributed by atoms with Gasteiger partial charge in [-0.15, -0.1) is 11.6 Å². The number of ketones is 2. The first-order chi connectivity index (χ1) is 65.1. The van der Waals surface area contributed by atoms with E-state index in [4.69, 9.17) is 47.9 Å². The first kappa shape index (κ1) is 121. The normalized spacial score (nSPS) is 15.8. The molecule has 6 heterocycles. The summed E-state index contributed by atoms with van der Waals surface area (Å²) in [5, 5.41) is 44.3. The average Bonchev–Trinajstić information content (AvgIpc) is 1.63. The number of nitrogen functional groups attached to an aromatic ring is 1. The van der Waals surface area contributed by atoms with Crippen LogP contribution in [0.15, 0.2) is 188 Å². The number of nitriles is 4. The number of fused-ring (bicyclic) bond motifs is 2. The molecule has 0 spiro atoms. The number of halogens is 1. The zero-order valence-electron chi connectivity index (χ0n) is 79.8. The van der Waals surface area contributed by atoms with Gasteiger partial charge in [0.05, 0.1) is 53.2 Å². The monoisotopic (exact) mass is 1960 g/mol. The molecule has 2 fully saturated rings. The molecule has 140 heavy (non-hydrogen) atoms. The molecule has 0 bridgehead atoms. The second-order valence-corrected chi connectivity index (χ2v) is 32.2. The van der Waals surface area contributed by atoms with Crippen LogP contribution in [0.5, 0.6) is 0 Å². The Kier molecular flexibility index (Phi) is 53.0. The molecule has 10 aromatic rings. The number of aromatic amines is 4. The number of Topliss-reactive ketones (excluding diaryl/α,β-unsaturated/α-hetero) is 2. The molecular weight excluding hydrogens is 1840 g/mol. The molecule has 2 aliphatic heterocycles. The molecule has 730 valence electrons. The minimum Gasteiger partial charge on any atom is -0.870 e. The SMILES string of the molecule is C.CC(=O)Nc1[nH]c(C=O)c(C)c1C(=O)OC1C(C)CC(C)CC1C.CC(=O)Nc1[nH]cc(-c2ccccc2)c1C#N.CC(=O)Nc1[nH]cc(C)c1C(=O)OC1C(C)CC(C)CC1C.CC(=O)OC(C)=O.CC(=O)OC(C)=O.N#CCC#N.N#Cc1c(-c2ccccc2)c[nH]c1N.O=C(CCl)c1ccccc1.O=C(CN1C(=O)c2ccccc2C1=O)c1ccccc1.O=C1[N-]C(=O)c2ccccc21.[K+].[OH-]. The van der Waals surface area contributed by atoms with E-state index in [1.165, 1.54) is 48.5 Å². The average molecular weight is 1960 g/mol. The third kappa shape index (κ3) is 37.8. The molecule has 35 nitrogen and oxygen atoms in total. The van der Waals surface area contributed by atoms with Crippen LogP contribution in [-0.4, -0.2) is 150 Å². The van der Waals surface area contributed by atoms with Gasteiger partial charge in [0.1, 0.15) is 76.3 Å². The van der Waals surface area contributed by atoms with Crippen LogP contribution < -0.4 is 73.1 Å². The minimum absolute atomic E-state index is 0.